The molecule has 1 N–H and O–H groups in total. The summed E-state index contributed by atoms with van der Waals surface area (Å²) in [6, 6.07) is 4.96. The van der Waals surface area contributed by atoms with Crippen molar-refractivity contribution in [2.24, 2.45) is 0 Å². The summed E-state index contributed by atoms with van der Waals surface area (Å²) in [7, 11) is 4.26. The van der Waals surface area contributed by atoms with E-state index < -0.39 is 0 Å². The summed E-state index contributed by atoms with van der Waals surface area (Å²) in [6.45, 7) is 6.49. The largest absolute Gasteiger partial charge is 0.487 e. The van der Waals surface area contributed by atoms with Crippen LogP contribution in [-0.4, -0.2) is 37.7 Å². The lowest BCUT2D eigenvalue weighted by Gasteiger charge is -2.41. The normalized spacial score (nSPS) is 22.9. The second-order valence-corrected chi connectivity index (χ2v) is 7.50. The molecule has 0 amide bonds. The average molecular weight is 302 g/mol. The molecule has 1 saturated carbocycles. The summed E-state index contributed by atoms with van der Waals surface area (Å²) in [5.41, 5.74) is 4.15. The molecule has 122 valence electrons. The fourth-order valence-corrected chi connectivity index (χ4v) is 4.18. The molecule has 2 aliphatic rings. The van der Waals surface area contributed by atoms with Gasteiger partial charge in [0.1, 0.15) is 11.4 Å². The van der Waals surface area contributed by atoms with Crippen LogP contribution in [0.2, 0.25) is 0 Å². The maximum Gasteiger partial charge on any atom is 0.125 e. The topological polar surface area (TPSA) is 24.5 Å². The Bertz CT molecular complexity index is 532. The second kappa shape index (κ2) is 6.21. The quantitative estimate of drug-likeness (QED) is 0.920. The zero-order valence-electron chi connectivity index (χ0n) is 14.5. The number of benzene rings is 1. The molecule has 1 aromatic rings. The van der Waals surface area contributed by atoms with Crippen molar-refractivity contribution in [3.05, 3.63) is 28.8 Å². The fraction of sp³-hybridized carbons (Fsp3) is 0.684. The minimum absolute atomic E-state index is 0.0863. The number of aryl methyl sites for hydroxylation is 2. The van der Waals surface area contributed by atoms with E-state index >= 15 is 0 Å². The Morgan fingerprint density at radius 2 is 1.95 bits per heavy atom. The van der Waals surface area contributed by atoms with Gasteiger partial charge in [-0.15, -0.1) is 0 Å². The highest BCUT2D eigenvalue weighted by Crippen LogP contribution is 2.48. The molecule has 1 heterocycles. The van der Waals surface area contributed by atoms with Crippen LogP contribution in [0.4, 0.5) is 0 Å². The Morgan fingerprint density at radius 1 is 1.23 bits per heavy atom. The van der Waals surface area contributed by atoms with E-state index in [-0.39, 0.29) is 5.60 Å². The zero-order chi connectivity index (χ0) is 15.7. The fourth-order valence-electron chi connectivity index (χ4n) is 4.18. The first-order valence-electron chi connectivity index (χ1n) is 8.67. The highest BCUT2D eigenvalue weighted by atomic mass is 16.5. The Kier molecular flexibility index (Phi) is 4.47. The number of ether oxygens (including phenoxy) is 1. The SMILES string of the molecule is Cc1cc(C)c2c(c1)OC1(CCCC1)CC2NCCN(C)C. The smallest absolute Gasteiger partial charge is 0.125 e. The van der Waals surface area contributed by atoms with Gasteiger partial charge in [0.25, 0.3) is 0 Å². The monoisotopic (exact) mass is 302 g/mol. The van der Waals surface area contributed by atoms with Crippen LogP contribution in [0.5, 0.6) is 5.75 Å². The third-order valence-corrected chi connectivity index (χ3v) is 5.21. The van der Waals surface area contributed by atoms with Gasteiger partial charge >= 0.3 is 0 Å². The molecular formula is C19H30N2O. The lowest BCUT2D eigenvalue weighted by atomic mass is 9.83. The maximum atomic E-state index is 6.55. The molecule has 3 nitrogen and oxygen atoms in total. The minimum atomic E-state index is 0.0863. The lowest BCUT2D eigenvalue weighted by molar-refractivity contribution is 0.0363. The minimum Gasteiger partial charge on any atom is -0.487 e. The summed E-state index contributed by atoms with van der Waals surface area (Å²) in [4.78, 5) is 2.24. The van der Waals surface area contributed by atoms with Crippen molar-refractivity contribution in [1.29, 1.82) is 0 Å². The van der Waals surface area contributed by atoms with Gasteiger partial charge in [-0.05, 0) is 70.8 Å². The Morgan fingerprint density at radius 3 is 2.64 bits per heavy atom. The lowest BCUT2D eigenvalue weighted by Crippen LogP contribution is -2.43. The molecule has 1 aliphatic carbocycles. The van der Waals surface area contributed by atoms with Gasteiger partial charge in [0.2, 0.25) is 0 Å². The van der Waals surface area contributed by atoms with Crippen LogP contribution in [0.15, 0.2) is 12.1 Å². The number of rotatable bonds is 4. The molecule has 1 aliphatic heterocycles. The summed E-state index contributed by atoms with van der Waals surface area (Å²) >= 11 is 0. The molecule has 1 unspecified atom stereocenters. The van der Waals surface area contributed by atoms with Crippen LogP contribution >= 0.6 is 0 Å². The molecule has 1 aromatic carbocycles. The van der Waals surface area contributed by atoms with E-state index in [1.165, 1.54) is 42.4 Å². The standard InChI is InChI=1S/C19H30N2O/c1-14-11-15(2)18-16(20-9-10-21(3)4)13-19(7-5-6-8-19)22-17(18)12-14/h11-12,16,20H,5-10,13H2,1-4H3. The molecule has 3 rings (SSSR count). The van der Waals surface area contributed by atoms with Crippen molar-refractivity contribution in [3.8, 4) is 5.75 Å². The van der Waals surface area contributed by atoms with Crippen molar-refractivity contribution >= 4 is 0 Å². The number of hydrogen-bond donors (Lipinski definition) is 1. The van der Waals surface area contributed by atoms with Crippen molar-refractivity contribution in [3.63, 3.8) is 0 Å². The van der Waals surface area contributed by atoms with E-state index in [0.717, 1.165) is 25.3 Å². The second-order valence-electron chi connectivity index (χ2n) is 7.50. The molecule has 3 heteroatoms. The van der Waals surface area contributed by atoms with E-state index in [0.29, 0.717) is 6.04 Å². The van der Waals surface area contributed by atoms with E-state index in [4.69, 9.17) is 4.74 Å². The van der Waals surface area contributed by atoms with Gasteiger partial charge in [0.05, 0.1) is 0 Å². The van der Waals surface area contributed by atoms with Crippen LogP contribution in [0, 0.1) is 13.8 Å². The molecule has 1 fully saturated rings. The molecule has 22 heavy (non-hydrogen) atoms. The van der Waals surface area contributed by atoms with Crippen molar-refractivity contribution in [2.45, 2.75) is 57.6 Å². The van der Waals surface area contributed by atoms with Gasteiger partial charge in [-0.1, -0.05) is 6.07 Å². The molecule has 0 radical (unpaired) electrons. The van der Waals surface area contributed by atoms with Gasteiger partial charge < -0.3 is 15.0 Å². The molecular weight excluding hydrogens is 272 g/mol. The van der Waals surface area contributed by atoms with Crippen LogP contribution in [0.25, 0.3) is 0 Å². The Balaban J connectivity index is 1.87. The van der Waals surface area contributed by atoms with Gasteiger partial charge in [0, 0.05) is 31.1 Å². The molecule has 0 bridgehead atoms. The summed E-state index contributed by atoms with van der Waals surface area (Å²) in [5, 5.41) is 3.80. The van der Waals surface area contributed by atoms with E-state index in [1.807, 2.05) is 0 Å². The first-order valence-corrected chi connectivity index (χ1v) is 8.67. The zero-order valence-corrected chi connectivity index (χ0v) is 14.5. The molecule has 1 spiro atoms. The predicted octanol–water partition coefficient (Wildman–Crippen LogP) is 3.59. The third kappa shape index (κ3) is 3.16. The van der Waals surface area contributed by atoms with Gasteiger partial charge in [-0.3, -0.25) is 0 Å². The van der Waals surface area contributed by atoms with Gasteiger partial charge in [0.15, 0.2) is 0 Å². The molecule has 1 atom stereocenters. The van der Waals surface area contributed by atoms with Crippen molar-refractivity contribution in [2.75, 3.05) is 27.2 Å². The van der Waals surface area contributed by atoms with E-state index in [9.17, 15) is 0 Å². The van der Waals surface area contributed by atoms with E-state index in [2.05, 4.69) is 50.3 Å². The first-order chi connectivity index (χ1) is 10.5. The molecule has 0 saturated heterocycles. The highest BCUT2D eigenvalue weighted by molar-refractivity contribution is 5.47. The van der Waals surface area contributed by atoms with Crippen LogP contribution in [0.3, 0.4) is 0 Å². The highest BCUT2D eigenvalue weighted by Gasteiger charge is 2.43. The van der Waals surface area contributed by atoms with E-state index in [1.54, 1.807) is 0 Å². The number of hydrogen-bond acceptors (Lipinski definition) is 3. The Labute approximate surface area is 135 Å². The van der Waals surface area contributed by atoms with Crippen molar-refractivity contribution < 1.29 is 4.74 Å². The first kappa shape index (κ1) is 15.8. The number of fused-ring (bicyclic) bond motifs is 1. The van der Waals surface area contributed by atoms with Crippen LogP contribution in [-0.2, 0) is 0 Å². The van der Waals surface area contributed by atoms with Crippen LogP contribution < -0.4 is 10.1 Å². The maximum absolute atomic E-state index is 6.55. The van der Waals surface area contributed by atoms with Crippen LogP contribution in [0.1, 0.15) is 54.8 Å². The summed E-state index contributed by atoms with van der Waals surface area (Å²) < 4.78 is 6.55. The molecule has 0 aromatic heterocycles. The number of likely N-dealkylation sites (N-methyl/N-ethyl adjacent to an activating group) is 1. The Hall–Kier alpha value is -1.06. The number of nitrogens with one attached hydrogen (secondary N) is 1. The van der Waals surface area contributed by atoms with Gasteiger partial charge in [-0.2, -0.15) is 0 Å². The third-order valence-electron chi connectivity index (χ3n) is 5.21. The summed E-state index contributed by atoms with van der Waals surface area (Å²) in [6.07, 6.45) is 6.17. The average Bonchev–Trinajstić information content (AvgIpc) is 2.84. The van der Waals surface area contributed by atoms with Crippen molar-refractivity contribution in [1.82, 2.24) is 10.2 Å². The van der Waals surface area contributed by atoms with Gasteiger partial charge in [-0.25, -0.2) is 0 Å². The number of nitrogens with zero attached hydrogens (tertiary/aromatic N) is 1. The summed E-state index contributed by atoms with van der Waals surface area (Å²) in [5.74, 6) is 1.13. The predicted molar refractivity (Wildman–Crippen MR) is 91.7 cm³/mol.